The van der Waals surface area contributed by atoms with Crippen LogP contribution in [-0.4, -0.2) is 21.4 Å². The predicted molar refractivity (Wildman–Crippen MR) is 128 cm³/mol. The highest BCUT2D eigenvalue weighted by Gasteiger charge is 2.26. The zero-order valence-electron chi connectivity index (χ0n) is 17.3. The maximum atomic E-state index is 13.4. The van der Waals surface area contributed by atoms with Crippen LogP contribution in [0, 0.1) is 0 Å². The number of para-hydroxylation sites is 2. The lowest BCUT2D eigenvalue weighted by Crippen LogP contribution is -2.32. The predicted octanol–water partition coefficient (Wildman–Crippen LogP) is 6.18. The minimum absolute atomic E-state index is 0.0794. The van der Waals surface area contributed by atoms with Gasteiger partial charge < -0.3 is 9.73 Å². The van der Waals surface area contributed by atoms with Crippen molar-refractivity contribution in [1.82, 2.24) is 10.2 Å². The van der Waals surface area contributed by atoms with E-state index in [-0.39, 0.29) is 5.91 Å². The Morgan fingerprint density at radius 1 is 1.00 bits per heavy atom. The summed E-state index contributed by atoms with van der Waals surface area (Å²) in [5.41, 5.74) is 2.45. The topological polar surface area (TPSA) is 71.3 Å². The SMILES string of the molecule is C[C@@H](Sc1nnc(CNc2cccc(Cl)c2)o1)C(=O)N(c1ccccc1)c1ccccc1. The quantitative estimate of drug-likeness (QED) is 0.314. The smallest absolute Gasteiger partial charge is 0.277 e. The molecule has 1 heterocycles. The zero-order valence-corrected chi connectivity index (χ0v) is 18.9. The highest BCUT2D eigenvalue weighted by molar-refractivity contribution is 8.00. The number of nitrogens with one attached hydrogen (secondary N) is 1. The average molecular weight is 465 g/mol. The van der Waals surface area contributed by atoms with Crippen LogP contribution in [0.25, 0.3) is 0 Å². The van der Waals surface area contributed by atoms with Crippen LogP contribution in [0.2, 0.25) is 5.02 Å². The molecule has 1 N–H and O–H groups in total. The molecule has 1 amide bonds. The van der Waals surface area contributed by atoms with Crippen LogP contribution in [0.15, 0.2) is 94.6 Å². The minimum atomic E-state index is -0.440. The number of anilines is 3. The van der Waals surface area contributed by atoms with Crippen LogP contribution < -0.4 is 10.2 Å². The summed E-state index contributed by atoms with van der Waals surface area (Å²) in [6.45, 7) is 2.19. The summed E-state index contributed by atoms with van der Waals surface area (Å²) in [5, 5.41) is 11.9. The van der Waals surface area contributed by atoms with E-state index in [1.54, 1.807) is 11.0 Å². The Morgan fingerprint density at radius 2 is 1.66 bits per heavy atom. The molecule has 6 nitrogen and oxygen atoms in total. The molecule has 3 aromatic carbocycles. The van der Waals surface area contributed by atoms with Crippen molar-refractivity contribution in [3.05, 3.63) is 95.8 Å². The van der Waals surface area contributed by atoms with Gasteiger partial charge in [0.1, 0.15) is 0 Å². The Hall–Kier alpha value is -3.29. The van der Waals surface area contributed by atoms with Gasteiger partial charge in [-0.1, -0.05) is 65.8 Å². The number of halogens is 1. The molecule has 32 heavy (non-hydrogen) atoms. The van der Waals surface area contributed by atoms with E-state index in [1.165, 1.54) is 11.8 Å². The molecule has 0 saturated carbocycles. The maximum absolute atomic E-state index is 13.4. The van der Waals surface area contributed by atoms with Gasteiger partial charge in [-0.15, -0.1) is 10.2 Å². The zero-order chi connectivity index (χ0) is 22.3. The number of rotatable bonds is 8. The summed E-state index contributed by atoms with van der Waals surface area (Å²) in [6.07, 6.45) is 0. The van der Waals surface area contributed by atoms with Crippen LogP contribution in [0.5, 0.6) is 0 Å². The van der Waals surface area contributed by atoms with E-state index in [4.69, 9.17) is 16.0 Å². The van der Waals surface area contributed by atoms with E-state index in [1.807, 2.05) is 85.8 Å². The highest BCUT2D eigenvalue weighted by atomic mass is 35.5. The number of carbonyl (C=O) groups is 1. The number of amides is 1. The van der Waals surface area contributed by atoms with Crippen LogP contribution in [0.1, 0.15) is 12.8 Å². The van der Waals surface area contributed by atoms with Gasteiger partial charge in [-0.05, 0) is 49.4 Å². The summed E-state index contributed by atoms with van der Waals surface area (Å²) >= 11 is 7.23. The van der Waals surface area contributed by atoms with Crippen LogP contribution in [-0.2, 0) is 11.3 Å². The Kier molecular flexibility index (Phi) is 7.09. The van der Waals surface area contributed by atoms with E-state index >= 15 is 0 Å². The van der Waals surface area contributed by atoms with Gasteiger partial charge >= 0.3 is 0 Å². The van der Waals surface area contributed by atoms with E-state index in [9.17, 15) is 4.79 Å². The number of hydrogen-bond acceptors (Lipinski definition) is 6. The van der Waals surface area contributed by atoms with Crippen molar-refractivity contribution in [2.45, 2.75) is 23.9 Å². The van der Waals surface area contributed by atoms with Crippen molar-refractivity contribution in [2.24, 2.45) is 0 Å². The fourth-order valence-electron chi connectivity index (χ4n) is 3.07. The Morgan fingerprint density at radius 3 is 2.28 bits per heavy atom. The number of nitrogens with zero attached hydrogens (tertiary/aromatic N) is 3. The summed E-state index contributed by atoms with van der Waals surface area (Å²) in [5.74, 6) is 0.347. The molecule has 0 spiro atoms. The molecule has 4 aromatic rings. The largest absolute Gasteiger partial charge is 0.414 e. The minimum Gasteiger partial charge on any atom is -0.414 e. The number of hydrogen-bond donors (Lipinski definition) is 1. The first-order chi connectivity index (χ1) is 15.6. The van der Waals surface area contributed by atoms with E-state index in [0.717, 1.165) is 17.1 Å². The monoisotopic (exact) mass is 464 g/mol. The molecule has 4 rings (SSSR count). The fourth-order valence-corrected chi connectivity index (χ4v) is 4.01. The Balaban J connectivity index is 1.44. The van der Waals surface area contributed by atoms with Crippen molar-refractivity contribution < 1.29 is 9.21 Å². The first-order valence-corrected chi connectivity index (χ1v) is 11.3. The molecule has 0 aliphatic rings. The Bertz CT molecular complexity index is 1130. The van der Waals surface area contributed by atoms with Crippen molar-refractivity contribution in [2.75, 3.05) is 10.2 Å². The summed E-state index contributed by atoms with van der Waals surface area (Å²) in [7, 11) is 0. The van der Waals surface area contributed by atoms with Crippen molar-refractivity contribution in [3.63, 3.8) is 0 Å². The molecule has 0 saturated heterocycles. The number of thioether (sulfide) groups is 1. The molecule has 0 unspecified atom stereocenters. The second-order valence-electron chi connectivity index (χ2n) is 6.93. The summed E-state index contributed by atoms with van der Waals surface area (Å²) in [4.78, 5) is 15.1. The van der Waals surface area contributed by atoms with Gasteiger partial charge in [0.25, 0.3) is 5.22 Å². The molecule has 0 aliphatic heterocycles. The van der Waals surface area contributed by atoms with Crippen LogP contribution in [0.3, 0.4) is 0 Å². The summed E-state index contributed by atoms with van der Waals surface area (Å²) in [6, 6.07) is 26.5. The van der Waals surface area contributed by atoms with E-state index in [2.05, 4.69) is 15.5 Å². The normalized spacial score (nSPS) is 11.7. The van der Waals surface area contributed by atoms with Crippen LogP contribution >= 0.6 is 23.4 Å². The first-order valence-electron chi connectivity index (χ1n) is 10.0. The van der Waals surface area contributed by atoms with Crippen molar-refractivity contribution in [1.29, 1.82) is 0 Å². The Labute approximate surface area is 195 Å². The molecule has 0 bridgehead atoms. The standard InChI is InChI=1S/C24H21ClN4O2S/c1-17(23(30)29(20-11-4-2-5-12-20)21-13-6-3-7-14-21)32-24-28-27-22(31-24)16-26-19-10-8-9-18(25)15-19/h2-15,17,26H,16H2,1H3/t17-/m1/s1. The van der Waals surface area contributed by atoms with Gasteiger partial charge in [-0.25, -0.2) is 0 Å². The molecular weight excluding hydrogens is 444 g/mol. The lowest BCUT2D eigenvalue weighted by atomic mass is 10.2. The molecule has 0 aliphatic carbocycles. The number of aromatic nitrogens is 2. The third kappa shape index (κ3) is 5.49. The maximum Gasteiger partial charge on any atom is 0.277 e. The number of carbonyl (C=O) groups excluding carboxylic acids is 1. The van der Waals surface area contributed by atoms with Gasteiger partial charge in [0.2, 0.25) is 11.8 Å². The average Bonchev–Trinajstić information content (AvgIpc) is 3.26. The van der Waals surface area contributed by atoms with Gasteiger partial charge in [0.15, 0.2) is 0 Å². The van der Waals surface area contributed by atoms with Crippen LogP contribution in [0.4, 0.5) is 17.1 Å². The molecule has 1 aromatic heterocycles. The third-order valence-corrected chi connectivity index (χ3v) is 5.75. The molecule has 162 valence electrons. The van der Waals surface area contributed by atoms with Crippen molar-refractivity contribution >= 4 is 46.3 Å². The summed E-state index contributed by atoms with van der Waals surface area (Å²) < 4.78 is 5.72. The van der Waals surface area contributed by atoms with Gasteiger partial charge in [0.05, 0.1) is 11.8 Å². The molecule has 0 fully saturated rings. The third-order valence-electron chi connectivity index (χ3n) is 4.59. The lowest BCUT2D eigenvalue weighted by molar-refractivity contribution is -0.117. The van der Waals surface area contributed by atoms with Gasteiger partial charge in [-0.2, -0.15) is 0 Å². The molecular formula is C24H21ClN4O2S. The van der Waals surface area contributed by atoms with Gasteiger partial charge in [-0.3, -0.25) is 9.69 Å². The fraction of sp³-hybridized carbons (Fsp3) is 0.125. The highest BCUT2D eigenvalue weighted by Crippen LogP contribution is 2.30. The van der Waals surface area contributed by atoms with E-state index in [0.29, 0.717) is 22.7 Å². The molecule has 1 atom stereocenters. The lowest BCUT2D eigenvalue weighted by Gasteiger charge is -2.25. The van der Waals surface area contributed by atoms with E-state index < -0.39 is 5.25 Å². The molecule has 0 radical (unpaired) electrons. The first kappa shape index (κ1) is 21.9. The van der Waals surface area contributed by atoms with Crippen molar-refractivity contribution in [3.8, 4) is 0 Å². The molecule has 8 heteroatoms. The van der Waals surface area contributed by atoms with Gasteiger partial charge in [0, 0.05) is 22.1 Å². The second kappa shape index (κ2) is 10.3. The number of benzene rings is 3. The second-order valence-corrected chi connectivity index (χ2v) is 8.66.